The van der Waals surface area contributed by atoms with Crippen LogP contribution in [0, 0.1) is 0 Å². The molecular formula is C21H27F2N5O2. The molecule has 0 radical (unpaired) electrons. The Balaban J connectivity index is 1.70. The molecule has 2 aliphatic rings. The van der Waals surface area contributed by atoms with Gasteiger partial charge >= 0.3 is 0 Å². The maximum atomic E-state index is 14.6. The van der Waals surface area contributed by atoms with Gasteiger partial charge in [-0.05, 0) is 30.5 Å². The SMILES string of the molecule is COc1cc(CO)ccc1Nc1ncc2c(n1)N(C1CCCC1)CC(F)(F)CN2C. The van der Waals surface area contributed by atoms with E-state index >= 15 is 0 Å². The number of aliphatic hydroxyl groups excluding tert-OH is 1. The van der Waals surface area contributed by atoms with Gasteiger partial charge in [0, 0.05) is 13.1 Å². The standard InChI is InChI=1S/C21H27F2N5O2/c1-27-12-21(22,23)13-28(15-5-3-4-6-15)19-17(27)10-24-20(26-19)25-16-8-7-14(11-29)9-18(16)30-2/h7-10,15,29H,3-6,11-13H2,1-2H3,(H,24,25,26). The minimum Gasteiger partial charge on any atom is -0.495 e. The van der Waals surface area contributed by atoms with Crippen molar-refractivity contribution >= 4 is 23.1 Å². The molecule has 1 aromatic carbocycles. The van der Waals surface area contributed by atoms with Gasteiger partial charge in [0.2, 0.25) is 5.95 Å². The zero-order valence-corrected chi connectivity index (χ0v) is 17.2. The number of halogens is 2. The highest BCUT2D eigenvalue weighted by molar-refractivity contribution is 5.71. The van der Waals surface area contributed by atoms with Gasteiger partial charge in [-0.2, -0.15) is 4.98 Å². The normalized spacial score (nSPS) is 18.8. The highest BCUT2D eigenvalue weighted by Gasteiger charge is 2.41. The Hall–Kier alpha value is -2.68. The molecule has 1 saturated carbocycles. The minimum atomic E-state index is -2.84. The predicted molar refractivity (Wildman–Crippen MR) is 112 cm³/mol. The number of fused-ring (bicyclic) bond motifs is 1. The number of nitrogens with zero attached hydrogens (tertiary/aromatic N) is 4. The van der Waals surface area contributed by atoms with Crippen LogP contribution in [0.1, 0.15) is 31.2 Å². The molecule has 0 spiro atoms. The van der Waals surface area contributed by atoms with Crippen molar-refractivity contribution in [1.82, 2.24) is 9.97 Å². The lowest BCUT2D eigenvalue weighted by Gasteiger charge is -2.31. The van der Waals surface area contributed by atoms with Crippen LogP contribution in [0.5, 0.6) is 5.75 Å². The molecule has 162 valence electrons. The summed E-state index contributed by atoms with van der Waals surface area (Å²) in [7, 11) is 3.19. The summed E-state index contributed by atoms with van der Waals surface area (Å²) in [5, 5.41) is 12.5. The number of nitrogens with one attached hydrogen (secondary N) is 1. The molecule has 0 bridgehead atoms. The van der Waals surface area contributed by atoms with Gasteiger partial charge in [-0.1, -0.05) is 18.9 Å². The molecule has 2 aromatic rings. The second-order valence-electron chi connectivity index (χ2n) is 8.00. The van der Waals surface area contributed by atoms with Crippen LogP contribution in [0.25, 0.3) is 0 Å². The van der Waals surface area contributed by atoms with Crippen molar-refractivity contribution in [3.05, 3.63) is 30.0 Å². The Morgan fingerprint density at radius 1 is 1.27 bits per heavy atom. The Kier molecular flexibility index (Phi) is 5.64. The molecule has 30 heavy (non-hydrogen) atoms. The number of hydrogen-bond donors (Lipinski definition) is 2. The molecule has 9 heteroatoms. The summed E-state index contributed by atoms with van der Waals surface area (Å²) in [6.45, 7) is -0.807. The lowest BCUT2D eigenvalue weighted by Crippen LogP contribution is -2.44. The van der Waals surface area contributed by atoms with Gasteiger partial charge in [-0.15, -0.1) is 0 Å². The van der Waals surface area contributed by atoms with E-state index in [1.54, 1.807) is 43.5 Å². The van der Waals surface area contributed by atoms with Gasteiger partial charge in [0.1, 0.15) is 5.75 Å². The van der Waals surface area contributed by atoms with Crippen LogP contribution in [-0.4, -0.2) is 54.3 Å². The summed E-state index contributed by atoms with van der Waals surface area (Å²) < 4.78 is 34.6. The van der Waals surface area contributed by atoms with E-state index in [2.05, 4.69) is 15.3 Å². The Morgan fingerprint density at radius 2 is 2.03 bits per heavy atom. The third-order valence-electron chi connectivity index (χ3n) is 5.76. The van der Waals surface area contributed by atoms with E-state index in [4.69, 9.17) is 4.74 Å². The van der Waals surface area contributed by atoms with E-state index in [-0.39, 0.29) is 25.7 Å². The van der Waals surface area contributed by atoms with Crippen molar-refractivity contribution in [1.29, 1.82) is 0 Å². The largest absolute Gasteiger partial charge is 0.495 e. The van der Waals surface area contributed by atoms with Gasteiger partial charge in [0.05, 0.1) is 44.4 Å². The number of rotatable bonds is 5. The number of ether oxygens (including phenoxy) is 1. The molecule has 0 atom stereocenters. The van der Waals surface area contributed by atoms with Crippen LogP contribution in [0.4, 0.5) is 31.9 Å². The van der Waals surface area contributed by atoms with E-state index in [1.807, 2.05) is 0 Å². The molecule has 2 N–H and O–H groups in total. The zero-order valence-electron chi connectivity index (χ0n) is 17.2. The molecule has 7 nitrogen and oxygen atoms in total. The number of alkyl halides is 2. The van der Waals surface area contributed by atoms with Gasteiger partial charge in [-0.3, -0.25) is 0 Å². The number of aliphatic hydroxyl groups is 1. The Labute approximate surface area is 174 Å². The van der Waals surface area contributed by atoms with Crippen LogP contribution < -0.4 is 19.9 Å². The number of methoxy groups -OCH3 is 1. The summed E-state index contributed by atoms with van der Waals surface area (Å²) in [5.74, 6) is -1.46. The van der Waals surface area contributed by atoms with Crippen LogP contribution >= 0.6 is 0 Å². The van der Waals surface area contributed by atoms with Crippen molar-refractivity contribution in [2.45, 2.75) is 44.3 Å². The number of aromatic nitrogens is 2. The van der Waals surface area contributed by atoms with Crippen LogP contribution in [0.3, 0.4) is 0 Å². The van der Waals surface area contributed by atoms with Crippen LogP contribution in [-0.2, 0) is 6.61 Å². The third-order valence-corrected chi connectivity index (χ3v) is 5.76. The quantitative estimate of drug-likeness (QED) is 0.768. The maximum absolute atomic E-state index is 14.6. The molecular weight excluding hydrogens is 392 g/mol. The van der Waals surface area contributed by atoms with Crippen molar-refractivity contribution in [3.63, 3.8) is 0 Å². The first-order valence-electron chi connectivity index (χ1n) is 10.2. The minimum absolute atomic E-state index is 0.0576. The fraction of sp³-hybridized carbons (Fsp3) is 0.524. The fourth-order valence-electron chi connectivity index (χ4n) is 4.29. The lowest BCUT2D eigenvalue weighted by molar-refractivity contribution is 0.0177. The van der Waals surface area contributed by atoms with Crippen LogP contribution in [0.2, 0.25) is 0 Å². The summed E-state index contributed by atoms with van der Waals surface area (Å²) in [6.07, 6.45) is 5.47. The van der Waals surface area contributed by atoms with Gasteiger partial charge in [0.25, 0.3) is 5.92 Å². The molecule has 1 aliphatic heterocycles. The Morgan fingerprint density at radius 3 is 2.73 bits per heavy atom. The predicted octanol–water partition coefficient (Wildman–Crippen LogP) is 3.56. The van der Waals surface area contributed by atoms with Gasteiger partial charge < -0.3 is 25.0 Å². The average molecular weight is 419 g/mol. The summed E-state index contributed by atoms with van der Waals surface area (Å²) >= 11 is 0. The molecule has 0 unspecified atom stereocenters. The highest BCUT2D eigenvalue weighted by atomic mass is 19.3. The Bertz CT molecular complexity index is 905. The van der Waals surface area contributed by atoms with E-state index in [1.165, 1.54) is 4.90 Å². The molecule has 1 aromatic heterocycles. The zero-order chi connectivity index (χ0) is 21.3. The van der Waals surface area contributed by atoms with E-state index < -0.39 is 5.92 Å². The van der Waals surface area contributed by atoms with Crippen molar-refractivity contribution in [3.8, 4) is 5.75 Å². The monoisotopic (exact) mass is 419 g/mol. The smallest absolute Gasteiger partial charge is 0.282 e. The summed E-state index contributed by atoms with van der Waals surface area (Å²) in [6, 6.07) is 5.33. The molecule has 1 aliphatic carbocycles. The average Bonchev–Trinajstić information content (AvgIpc) is 3.23. The summed E-state index contributed by atoms with van der Waals surface area (Å²) in [4.78, 5) is 12.3. The highest BCUT2D eigenvalue weighted by Crippen LogP contribution is 2.39. The fourth-order valence-corrected chi connectivity index (χ4v) is 4.29. The second kappa shape index (κ2) is 8.22. The number of benzene rings is 1. The molecule has 1 fully saturated rings. The van der Waals surface area contributed by atoms with Crippen LogP contribution in [0.15, 0.2) is 24.4 Å². The second-order valence-corrected chi connectivity index (χ2v) is 8.00. The van der Waals surface area contributed by atoms with E-state index in [9.17, 15) is 13.9 Å². The first-order valence-corrected chi connectivity index (χ1v) is 10.2. The third kappa shape index (κ3) is 4.12. The van der Waals surface area contributed by atoms with Crippen molar-refractivity contribution in [2.75, 3.05) is 42.4 Å². The van der Waals surface area contributed by atoms with Gasteiger partial charge in [-0.25, -0.2) is 13.8 Å². The molecule has 4 rings (SSSR count). The number of hydrogen-bond acceptors (Lipinski definition) is 7. The van der Waals surface area contributed by atoms with Gasteiger partial charge in [0.15, 0.2) is 5.82 Å². The molecule has 0 saturated heterocycles. The first-order chi connectivity index (χ1) is 14.4. The van der Waals surface area contributed by atoms with Crippen molar-refractivity contribution in [2.24, 2.45) is 0 Å². The molecule has 0 amide bonds. The topological polar surface area (TPSA) is 73.8 Å². The van der Waals surface area contributed by atoms with E-state index in [0.29, 0.717) is 28.9 Å². The number of anilines is 4. The summed E-state index contributed by atoms with van der Waals surface area (Å²) in [5.41, 5.74) is 1.96. The van der Waals surface area contributed by atoms with E-state index in [0.717, 1.165) is 31.2 Å². The first kappa shape index (κ1) is 20.6. The van der Waals surface area contributed by atoms with Crippen molar-refractivity contribution < 1.29 is 18.6 Å². The lowest BCUT2D eigenvalue weighted by atomic mass is 10.2. The molecule has 2 heterocycles. The maximum Gasteiger partial charge on any atom is 0.282 e.